The number of methoxy groups -OCH3 is 1. The summed E-state index contributed by atoms with van der Waals surface area (Å²) >= 11 is 0. The van der Waals surface area contributed by atoms with Crippen LogP contribution in [-0.4, -0.2) is 44.2 Å². The van der Waals surface area contributed by atoms with Crippen molar-refractivity contribution in [2.24, 2.45) is 0 Å². The van der Waals surface area contributed by atoms with Crippen LogP contribution in [-0.2, 0) is 0 Å². The monoisotopic (exact) mass is 353 g/mol. The third-order valence-electron chi connectivity index (χ3n) is 4.95. The number of ether oxygens (including phenoxy) is 1. The van der Waals surface area contributed by atoms with E-state index in [0.717, 1.165) is 41.3 Å². The Hall–Kier alpha value is -2.69. The number of nitrogens with zero attached hydrogens (tertiary/aromatic N) is 2. The molecule has 5 heteroatoms. The number of nitrogens with one attached hydrogen (secondary N) is 1. The van der Waals surface area contributed by atoms with E-state index >= 15 is 0 Å². The van der Waals surface area contributed by atoms with E-state index < -0.39 is 0 Å². The lowest BCUT2D eigenvalue weighted by molar-refractivity contribution is 0.208. The molecule has 2 aromatic rings. The third kappa shape index (κ3) is 3.77. The van der Waals surface area contributed by atoms with Crippen molar-refractivity contribution in [3.05, 3.63) is 53.1 Å². The molecule has 0 bridgehead atoms. The van der Waals surface area contributed by atoms with Crippen LogP contribution >= 0.6 is 0 Å². The highest BCUT2D eigenvalue weighted by molar-refractivity contribution is 5.91. The molecule has 1 aliphatic rings. The van der Waals surface area contributed by atoms with Crippen LogP contribution in [0, 0.1) is 20.8 Å². The average molecular weight is 353 g/mol. The van der Waals surface area contributed by atoms with Crippen LogP contribution in [0.15, 0.2) is 36.4 Å². The lowest BCUT2D eigenvalue weighted by Gasteiger charge is -2.36. The van der Waals surface area contributed by atoms with E-state index in [4.69, 9.17) is 4.74 Å². The zero-order chi connectivity index (χ0) is 18.7. The van der Waals surface area contributed by atoms with Gasteiger partial charge in [-0.1, -0.05) is 24.3 Å². The molecular formula is C21H27N3O2. The summed E-state index contributed by atoms with van der Waals surface area (Å²) in [4.78, 5) is 16.8. The molecule has 0 atom stereocenters. The van der Waals surface area contributed by atoms with Gasteiger partial charge in [0.15, 0.2) is 0 Å². The van der Waals surface area contributed by atoms with Crippen molar-refractivity contribution < 1.29 is 9.53 Å². The lowest BCUT2D eigenvalue weighted by Crippen LogP contribution is -2.50. The quantitative estimate of drug-likeness (QED) is 0.908. The number of para-hydroxylation sites is 1. The molecule has 2 amide bonds. The summed E-state index contributed by atoms with van der Waals surface area (Å²) in [7, 11) is 1.70. The molecule has 3 rings (SSSR count). The van der Waals surface area contributed by atoms with E-state index in [9.17, 15) is 4.79 Å². The van der Waals surface area contributed by atoms with E-state index in [1.807, 2.05) is 43.0 Å². The first kappa shape index (κ1) is 18.1. The number of anilines is 2. The van der Waals surface area contributed by atoms with Crippen molar-refractivity contribution in [1.82, 2.24) is 4.90 Å². The van der Waals surface area contributed by atoms with Crippen molar-refractivity contribution in [3.63, 3.8) is 0 Å². The fourth-order valence-electron chi connectivity index (χ4n) is 3.40. The maximum absolute atomic E-state index is 12.7. The van der Waals surface area contributed by atoms with Gasteiger partial charge >= 0.3 is 6.03 Å². The molecule has 1 fully saturated rings. The van der Waals surface area contributed by atoms with Gasteiger partial charge in [-0.25, -0.2) is 4.79 Å². The molecule has 1 saturated heterocycles. The summed E-state index contributed by atoms with van der Waals surface area (Å²) in [6.45, 7) is 9.08. The molecular weight excluding hydrogens is 326 g/mol. The Bertz CT molecular complexity index is 776. The van der Waals surface area contributed by atoms with Gasteiger partial charge in [0.25, 0.3) is 0 Å². The van der Waals surface area contributed by atoms with Gasteiger partial charge < -0.3 is 19.9 Å². The molecule has 5 nitrogen and oxygen atoms in total. The summed E-state index contributed by atoms with van der Waals surface area (Å²) in [5, 5.41) is 3.08. The fourth-order valence-corrected chi connectivity index (χ4v) is 3.40. The minimum Gasteiger partial charge on any atom is -0.495 e. The molecule has 0 unspecified atom stereocenters. The average Bonchev–Trinajstić information content (AvgIpc) is 2.65. The summed E-state index contributed by atoms with van der Waals surface area (Å²) in [6.07, 6.45) is 0. The molecule has 26 heavy (non-hydrogen) atoms. The number of rotatable bonds is 3. The topological polar surface area (TPSA) is 44.8 Å². The maximum atomic E-state index is 12.7. The second kappa shape index (κ2) is 7.68. The van der Waals surface area contributed by atoms with Gasteiger partial charge in [-0.3, -0.25) is 0 Å². The second-order valence-electron chi connectivity index (χ2n) is 6.85. The van der Waals surface area contributed by atoms with E-state index in [1.165, 1.54) is 5.56 Å². The van der Waals surface area contributed by atoms with Gasteiger partial charge in [0, 0.05) is 31.9 Å². The summed E-state index contributed by atoms with van der Waals surface area (Å²) in [6, 6.07) is 12.2. The number of benzene rings is 2. The maximum Gasteiger partial charge on any atom is 0.321 e. The highest BCUT2D eigenvalue weighted by Crippen LogP contribution is 2.30. The van der Waals surface area contributed by atoms with Crippen molar-refractivity contribution in [1.29, 1.82) is 0 Å². The Labute approximate surface area is 155 Å². The van der Waals surface area contributed by atoms with Crippen LogP contribution in [0.5, 0.6) is 5.75 Å². The standard InChI is InChI=1S/C21H27N3O2/c1-15-8-9-19(26-4)18(14-15)23-10-12-24(13-11-23)21(25)22-20-16(2)6-5-7-17(20)3/h5-9,14H,10-13H2,1-4H3,(H,22,25). The summed E-state index contributed by atoms with van der Waals surface area (Å²) in [5.74, 6) is 0.879. The molecule has 1 heterocycles. The molecule has 1 N–H and O–H groups in total. The number of amides is 2. The molecule has 0 radical (unpaired) electrons. The first-order chi connectivity index (χ1) is 12.5. The Morgan fingerprint density at radius 1 is 1.00 bits per heavy atom. The number of hydrogen-bond acceptors (Lipinski definition) is 3. The van der Waals surface area contributed by atoms with E-state index in [2.05, 4.69) is 29.3 Å². The number of carbonyl (C=O) groups is 1. The Morgan fingerprint density at radius 2 is 1.65 bits per heavy atom. The van der Waals surface area contributed by atoms with Gasteiger partial charge in [0.1, 0.15) is 5.75 Å². The zero-order valence-electron chi connectivity index (χ0n) is 16.0. The van der Waals surface area contributed by atoms with Gasteiger partial charge in [-0.15, -0.1) is 0 Å². The molecule has 0 aliphatic carbocycles. The largest absolute Gasteiger partial charge is 0.495 e. The number of piperazine rings is 1. The van der Waals surface area contributed by atoms with Gasteiger partial charge in [0.2, 0.25) is 0 Å². The number of aryl methyl sites for hydroxylation is 3. The number of urea groups is 1. The van der Waals surface area contributed by atoms with Gasteiger partial charge in [-0.2, -0.15) is 0 Å². The van der Waals surface area contributed by atoms with E-state index in [0.29, 0.717) is 13.1 Å². The normalized spacial score (nSPS) is 14.3. The first-order valence-electron chi connectivity index (χ1n) is 9.01. The van der Waals surface area contributed by atoms with E-state index in [-0.39, 0.29) is 6.03 Å². The highest BCUT2D eigenvalue weighted by Gasteiger charge is 2.23. The van der Waals surface area contributed by atoms with Crippen LogP contribution in [0.1, 0.15) is 16.7 Å². The number of hydrogen-bond donors (Lipinski definition) is 1. The van der Waals surface area contributed by atoms with Crippen molar-refractivity contribution in [3.8, 4) is 5.75 Å². The molecule has 0 saturated carbocycles. The Balaban J connectivity index is 1.65. The predicted octanol–water partition coefficient (Wildman–Crippen LogP) is 3.97. The van der Waals surface area contributed by atoms with Crippen LogP contribution < -0.4 is 15.0 Å². The molecule has 0 spiro atoms. The zero-order valence-corrected chi connectivity index (χ0v) is 16.0. The number of carbonyl (C=O) groups excluding carboxylic acids is 1. The molecule has 0 aromatic heterocycles. The Morgan fingerprint density at radius 3 is 2.27 bits per heavy atom. The van der Waals surface area contributed by atoms with Crippen molar-refractivity contribution in [2.45, 2.75) is 20.8 Å². The molecule has 2 aromatic carbocycles. The second-order valence-corrected chi connectivity index (χ2v) is 6.85. The summed E-state index contributed by atoms with van der Waals surface area (Å²) < 4.78 is 5.50. The van der Waals surface area contributed by atoms with Crippen molar-refractivity contribution >= 4 is 17.4 Å². The third-order valence-corrected chi connectivity index (χ3v) is 4.95. The van der Waals surface area contributed by atoms with Crippen LogP contribution in [0.2, 0.25) is 0 Å². The lowest BCUT2D eigenvalue weighted by atomic mass is 10.1. The van der Waals surface area contributed by atoms with Crippen molar-refractivity contribution in [2.75, 3.05) is 43.5 Å². The summed E-state index contributed by atoms with van der Waals surface area (Å²) in [5.41, 5.74) is 5.39. The van der Waals surface area contributed by atoms with Crippen LogP contribution in [0.3, 0.4) is 0 Å². The van der Waals surface area contributed by atoms with Gasteiger partial charge in [0.05, 0.1) is 12.8 Å². The van der Waals surface area contributed by atoms with Crippen LogP contribution in [0.4, 0.5) is 16.2 Å². The molecule has 138 valence electrons. The fraction of sp³-hybridized carbons (Fsp3) is 0.381. The van der Waals surface area contributed by atoms with E-state index in [1.54, 1.807) is 7.11 Å². The minimum atomic E-state index is -0.0294. The SMILES string of the molecule is COc1ccc(C)cc1N1CCN(C(=O)Nc2c(C)cccc2C)CC1. The highest BCUT2D eigenvalue weighted by atomic mass is 16.5. The Kier molecular flexibility index (Phi) is 5.35. The van der Waals surface area contributed by atoms with Crippen LogP contribution in [0.25, 0.3) is 0 Å². The first-order valence-corrected chi connectivity index (χ1v) is 9.01. The minimum absolute atomic E-state index is 0.0294. The smallest absolute Gasteiger partial charge is 0.321 e. The van der Waals surface area contributed by atoms with Gasteiger partial charge in [-0.05, 0) is 49.6 Å². The predicted molar refractivity (Wildman–Crippen MR) is 106 cm³/mol. The molecule has 1 aliphatic heterocycles.